The van der Waals surface area contributed by atoms with Gasteiger partial charge in [-0.15, -0.1) is 0 Å². The Bertz CT molecular complexity index is 631. The normalized spacial score (nSPS) is 17.5. The van der Waals surface area contributed by atoms with Crippen molar-refractivity contribution < 1.29 is 4.74 Å². The molecule has 23 heavy (non-hydrogen) atoms. The van der Waals surface area contributed by atoms with Crippen molar-refractivity contribution in [3.05, 3.63) is 42.0 Å². The summed E-state index contributed by atoms with van der Waals surface area (Å²) >= 11 is 0. The summed E-state index contributed by atoms with van der Waals surface area (Å²) in [6.45, 7) is 3.23. The van der Waals surface area contributed by atoms with Crippen LogP contribution >= 0.6 is 0 Å². The number of methoxy groups -OCH3 is 1. The average Bonchev–Trinajstić information content (AvgIpc) is 2.61. The van der Waals surface area contributed by atoms with E-state index in [0.29, 0.717) is 16.8 Å². The maximum Gasteiger partial charge on any atom is 0.162 e. The number of rotatable bonds is 6. The zero-order valence-corrected chi connectivity index (χ0v) is 15.3. The lowest BCUT2D eigenvalue weighted by Crippen LogP contribution is -2.18. The average molecular weight is 330 g/mol. The molecule has 3 rings (SSSR count). The Morgan fingerprint density at radius 1 is 1.00 bits per heavy atom. The molecule has 0 N–H and O–H groups in total. The van der Waals surface area contributed by atoms with Crippen LogP contribution in [0, 0.1) is 0 Å². The molecule has 0 spiro atoms. The minimum atomic E-state index is 0.469. The summed E-state index contributed by atoms with van der Waals surface area (Å²) in [7, 11) is 2.26. The van der Waals surface area contributed by atoms with Crippen molar-refractivity contribution in [2.45, 2.75) is 49.8 Å². The SMILES string of the molecule is COCCCC(C)c1ccc([S+]2CCCCC2)c2ccccc12. The third-order valence-electron chi connectivity index (χ3n) is 5.03. The molecule has 2 aromatic carbocycles. The summed E-state index contributed by atoms with van der Waals surface area (Å²) in [6, 6.07) is 13.9. The first-order chi connectivity index (χ1) is 11.3. The highest BCUT2D eigenvalue weighted by Crippen LogP contribution is 2.34. The van der Waals surface area contributed by atoms with Gasteiger partial charge in [0.05, 0.1) is 0 Å². The molecular weight excluding hydrogens is 300 g/mol. The van der Waals surface area contributed by atoms with Gasteiger partial charge in [0.1, 0.15) is 11.5 Å². The van der Waals surface area contributed by atoms with E-state index in [4.69, 9.17) is 4.74 Å². The Hall–Kier alpha value is -0.990. The number of fused-ring (bicyclic) bond motifs is 1. The molecule has 1 atom stereocenters. The van der Waals surface area contributed by atoms with Gasteiger partial charge in [0.2, 0.25) is 0 Å². The number of hydrogen-bond donors (Lipinski definition) is 0. The van der Waals surface area contributed by atoms with E-state index < -0.39 is 0 Å². The van der Waals surface area contributed by atoms with Gasteiger partial charge in [0, 0.05) is 30.0 Å². The summed E-state index contributed by atoms with van der Waals surface area (Å²) in [5.41, 5.74) is 1.51. The maximum absolute atomic E-state index is 5.22. The fourth-order valence-corrected chi connectivity index (χ4v) is 6.22. The van der Waals surface area contributed by atoms with Crippen LogP contribution in [0.5, 0.6) is 0 Å². The van der Waals surface area contributed by atoms with E-state index in [0.717, 1.165) is 13.0 Å². The number of benzene rings is 2. The Labute approximate surface area is 143 Å². The number of ether oxygens (including phenoxy) is 1. The molecule has 0 saturated carbocycles. The van der Waals surface area contributed by atoms with Gasteiger partial charge in [0.25, 0.3) is 0 Å². The van der Waals surface area contributed by atoms with Crippen LogP contribution in [-0.2, 0) is 15.6 Å². The molecule has 0 bridgehead atoms. The Kier molecular flexibility index (Phi) is 6.02. The smallest absolute Gasteiger partial charge is 0.162 e. The molecule has 0 aromatic heterocycles. The van der Waals surface area contributed by atoms with Crippen LogP contribution in [0.4, 0.5) is 0 Å². The van der Waals surface area contributed by atoms with E-state index in [1.165, 1.54) is 53.5 Å². The zero-order chi connectivity index (χ0) is 16.1. The first-order valence-electron chi connectivity index (χ1n) is 8.99. The summed E-state index contributed by atoms with van der Waals surface area (Å²) in [5.74, 6) is 3.39. The van der Waals surface area contributed by atoms with Gasteiger partial charge in [-0.05, 0) is 61.1 Å². The van der Waals surface area contributed by atoms with Crippen LogP contribution in [0.15, 0.2) is 41.3 Å². The number of hydrogen-bond acceptors (Lipinski definition) is 1. The van der Waals surface area contributed by atoms with E-state index in [9.17, 15) is 0 Å². The van der Waals surface area contributed by atoms with E-state index in [2.05, 4.69) is 43.3 Å². The fraction of sp³-hybridized carbons (Fsp3) is 0.524. The second-order valence-electron chi connectivity index (χ2n) is 6.70. The third kappa shape index (κ3) is 3.92. The van der Waals surface area contributed by atoms with Crippen molar-refractivity contribution in [3.8, 4) is 0 Å². The van der Waals surface area contributed by atoms with Gasteiger partial charge in [-0.25, -0.2) is 0 Å². The van der Waals surface area contributed by atoms with Gasteiger partial charge in [-0.1, -0.05) is 31.2 Å². The minimum Gasteiger partial charge on any atom is -0.385 e. The quantitative estimate of drug-likeness (QED) is 0.500. The molecule has 1 aliphatic rings. The molecule has 2 aromatic rings. The molecule has 1 aliphatic heterocycles. The monoisotopic (exact) mass is 329 g/mol. The molecule has 2 heteroatoms. The molecule has 124 valence electrons. The Balaban J connectivity index is 1.92. The minimum absolute atomic E-state index is 0.469. The topological polar surface area (TPSA) is 9.23 Å². The van der Waals surface area contributed by atoms with Crippen molar-refractivity contribution in [3.63, 3.8) is 0 Å². The van der Waals surface area contributed by atoms with Crippen LogP contribution in [0.1, 0.15) is 50.5 Å². The molecule has 1 unspecified atom stereocenters. The zero-order valence-electron chi connectivity index (χ0n) is 14.5. The lowest BCUT2D eigenvalue weighted by Gasteiger charge is -2.18. The molecule has 1 fully saturated rings. The summed E-state index contributed by atoms with van der Waals surface area (Å²) in [6.07, 6.45) is 6.58. The molecule has 1 heterocycles. The molecule has 0 amide bonds. The maximum atomic E-state index is 5.22. The van der Waals surface area contributed by atoms with E-state index >= 15 is 0 Å². The van der Waals surface area contributed by atoms with Crippen LogP contribution in [0.2, 0.25) is 0 Å². The first kappa shape index (κ1) is 16.9. The van der Waals surface area contributed by atoms with Crippen molar-refractivity contribution in [2.75, 3.05) is 25.2 Å². The van der Waals surface area contributed by atoms with E-state index in [1.54, 1.807) is 12.0 Å². The molecule has 0 aliphatic carbocycles. The van der Waals surface area contributed by atoms with Crippen LogP contribution in [0.25, 0.3) is 10.8 Å². The van der Waals surface area contributed by atoms with Gasteiger partial charge in [-0.2, -0.15) is 0 Å². The van der Waals surface area contributed by atoms with Crippen LogP contribution in [0.3, 0.4) is 0 Å². The lowest BCUT2D eigenvalue weighted by molar-refractivity contribution is 0.191. The highest BCUT2D eigenvalue weighted by atomic mass is 32.2. The molecule has 1 nitrogen and oxygen atoms in total. The predicted molar refractivity (Wildman–Crippen MR) is 103 cm³/mol. The predicted octanol–water partition coefficient (Wildman–Crippen LogP) is 5.53. The van der Waals surface area contributed by atoms with Crippen LogP contribution in [-0.4, -0.2) is 25.2 Å². The van der Waals surface area contributed by atoms with Crippen molar-refractivity contribution in [2.24, 2.45) is 0 Å². The van der Waals surface area contributed by atoms with E-state index in [1.807, 2.05) is 0 Å². The highest BCUT2D eigenvalue weighted by molar-refractivity contribution is 7.97. The summed E-state index contributed by atoms with van der Waals surface area (Å²) in [4.78, 5) is 1.62. The van der Waals surface area contributed by atoms with Crippen molar-refractivity contribution in [1.29, 1.82) is 0 Å². The lowest BCUT2D eigenvalue weighted by atomic mass is 9.91. The molecular formula is C21H29OS+. The highest BCUT2D eigenvalue weighted by Gasteiger charge is 2.27. The van der Waals surface area contributed by atoms with Gasteiger partial charge in [-0.3, -0.25) is 0 Å². The van der Waals surface area contributed by atoms with Crippen molar-refractivity contribution in [1.82, 2.24) is 0 Å². The largest absolute Gasteiger partial charge is 0.385 e. The fourth-order valence-electron chi connectivity index (χ4n) is 3.72. The van der Waals surface area contributed by atoms with Gasteiger partial charge in [0.15, 0.2) is 4.90 Å². The summed E-state index contributed by atoms with van der Waals surface area (Å²) < 4.78 is 5.22. The van der Waals surface area contributed by atoms with E-state index in [-0.39, 0.29) is 0 Å². The standard InChI is InChI=1S/C21H29OS/c1-17(9-8-14-22-2)18-12-13-21(23-15-6-3-7-16-23)20-11-5-4-10-19(18)20/h4-5,10-13,17H,3,6-9,14-16H2,1-2H3/q+1. The second-order valence-corrected chi connectivity index (χ2v) is 8.94. The van der Waals surface area contributed by atoms with Crippen LogP contribution < -0.4 is 0 Å². The third-order valence-corrected chi connectivity index (χ3v) is 7.57. The Morgan fingerprint density at radius 3 is 2.48 bits per heavy atom. The first-order valence-corrected chi connectivity index (χ1v) is 10.6. The second kappa shape index (κ2) is 8.21. The summed E-state index contributed by atoms with van der Waals surface area (Å²) in [5, 5.41) is 2.99. The molecule has 1 saturated heterocycles. The Morgan fingerprint density at radius 2 is 1.74 bits per heavy atom. The molecule has 0 radical (unpaired) electrons. The van der Waals surface area contributed by atoms with Gasteiger partial charge < -0.3 is 4.74 Å². The van der Waals surface area contributed by atoms with Gasteiger partial charge >= 0.3 is 0 Å². The van der Waals surface area contributed by atoms with Crippen molar-refractivity contribution >= 4 is 21.7 Å².